The average Bonchev–Trinajstić information content (AvgIpc) is 2.20. The largest absolute Gasteiger partial charge is 0.406 e. The number of nitrogens with one attached hydrogen (secondary N) is 1. The van der Waals surface area contributed by atoms with Crippen LogP contribution < -0.4 is 5.43 Å². The highest BCUT2D eigenvalue weighted by Crippen LogP contribution is 2.36. The molecule has 3 nitrogen and oxygen atoms in total. The maximum absolute atomic E-state index is 12.9. The van der Waals surface area contributed by atoms with E-state index < -0.39 is 23.7 Å². The van der Waals surface area contributed by atoms with Crippen LogP contribution in [0.5, 0.6) is 0 Å². The quantitative estimate of drug-likeness (QED) is 0.799. The highest BCUT2D eigenvalue weighted by atomic mass is 19.4. The van der Waals surface area contributed by atoms with Crippen molar-refractivity contribution < 1.29 is 18.0 Å². The molecule has 0 saturated carbocycles. The molecule has 0 bridgehead atoms. The molecule has 1 N–H and O–H groups in total. The predicted octanol–water partition coefficient (Wildman–Crippen LogP) is 2.09. The van der Waals surface area contributed by atoms with Gasteiger partial charge >= 0.3 is 6.18 Å². The molecule has 6 heteroatoms. The van der Waals surface area contributed by atoms with Crippen molar-refractivity contribution in [3.8, 4) is 0 Å². The molecule has 1 unspecified atom stereocenters. The molecular formula is C10H17F3N2O. The molecule has 0 radical (unpaired) electrons. The summed E-state index contributed by atoms with van der Waals surface area (Å²) in [5, 5.41) is 1.04. The fourth-order valence-electron chi connectivity index (χ4n) is 2.07. The van der Waals surface area contributed by atoms with E-state index in [1.807, 2.05) is 0 Å². The Labute approximate surface area is 93.0 Å². The third-order valence-corrected chi connectivity index (χ3v) is 2.74. The summed E-state index contributed by atoms with van der Waals surface area (Å²) in [5.41, 5.74) is 1.50. The van der Waals surface area contributed by atoms with E-state index in [0.717, 1.165) is 5.01 Å². The number of nitrogens with zero attached hydrogens (tertiary/aromatic N) is 1. The highest BCUT2D eigenvalue weighted by Gasteiger charge is 2.53. The van der Waals surface area contributed by atoms with E-state index in [0.29, 0.717) is 0 Å². The lowest BCUT2D eigenvalue weighted by atomic mass is 9.95. The van der Waals surface area contributed by atoms with Crippen LogP contribution in [0.1, 0.15) is 34.1 Å². The molecule has 1 aliphatic rings. The molecule has 0 aromatic carbocycles. The molecule has 0 aliphatic carbocycles. The van der Waals surface area contributed by atoms with E-state index in [1.165, 1.54) is 13.8 Å². The Bertz CT molecular complexity index is 286. The first-order chi connectivity index (χ1) is 7.05. The molecule has 0 aromatic heterocycles. The van der Waals surface area contributed by atoms with Crippen molar-refractivity contribution >= 4 is 5.91 Å². The van der Waals surface area contributed by atoms with Crippen molar-refractivity contribution in [1.82, 2.24) is 10.4 Å². The second-order valence-corrected chi connectivity index (χ2v) is 5.12. The molecule has 1 rings (SSSR count). The first-order valence-corrected chi connectivity index (χ1v) is 5.21. The van der Waals surface area contributed by atoms with E-state index in [1.54, 1.807) is 13.8 Å². The lowest BCUT2D eigenvalue weighted by molar-refractivity contribution is -0.212. The summed E-state index contributed by atoms with van der Waals surface area (Å²) in [6.07, 6.45) is -4.25. The van der Waals surface area contributed by atoms with Gasteiger partial charge in [-0.25, -0.2) is 5.01 Å². The first kappa shape index (κ1) is 13.3. The number of amides is 1. The van der Waals surface area contributed by atoms with Crippen molar-refractivity contribution in [3.05, 3.63) is 0 Å². The van der Waals surface area contributed by atoms with Crippen LogP contribution in [0.25, 0.3) is 0 Å². The van der Waals surface area contributed by atoms with E-state index in [2.05, 4.69) is 5.43 Å². The fraction of sp³-hybridized carbons (Fsp3) is 0.900. The van der Waals surface area contributed by atoms with Gasteiger partial charge in [-0.1, -0.05) is 13.8 Å². The summed E-state index contributed by atoms with van der Waals surface area (Å²) in [7, 11) is 0. The third-order valence-electron chi connectivity index (χ3n) is 2.74. The molecule has 1 heterocycles. The summed E-state index contributed by atoms with van der Waals surface area (Å²) in [6.45, 7) is 6.26. The molecule has 16 heavy (non-hydrogen) atoms. The first-order valence-electron chi connectivity index (χ1n) is 5.21. The molecular weight excluding hydrogens is 221 g/mol. The van der Waals surface area contributed by atoms with E-state index in [9.17, 15) is 18.0 Å². The Morgan fingerprint density at radius 3 is 2.12 bits per heavy atom. The monoisotopic (exact) mass is 238 g/mol. The zero-order chi connectivity index (χ0) is 12.7. The van der Waals surface area contributed by atoms with Crippen LogP contribution in [0.2, 0.25) is 0 Å². The van der Waals surface area contributed by atoms with Crippen LogP contribution in [0, 0.1) is 5.92 Å². The standard InChI is InChI=1S/C10H17F3N2O/c1-6(2)8(10(11,12)13)15-9(3,4)5-7(16)14-15/h6,8H,5H2,1-4H3,(H,14,16). The van der Waals surface area contributed by atoms with Crippen LogP contribution in [-0.4, -0.2) is 28.7 Å². The smallest absolute Gasteiger partial charge is 0.288 e. The van der Waals surface area contributed by atoms with Gasteiger partial charge in [0.1, 0.15) is 6.04 Å². The average molecular weight is 238 g/mol. The van der Waals surface area contributed by atoms with Crippen molar-refractivity contribution in [2.24, 2.45) is 5.92 Å². The van der Waals surface area contributed by atoms with Gasteiger partial charge < -0.3 is 0 Å². The Kier molecular flexibility index (Phi) is 3.24. The molecule has 1 fully saturated rings. The second-order valence-electron chi connectivity index (χ2n) is 5.12. The Morgan fingerprint density at radius 1 is 1.38 bits per heavy atom. The molecule has 1 aliphatic heterocycles. The molecule has 94 valence electrons. The Hall–Kier alpha value is -0.780. The summed E-state index contributed by atoms with van der Waals surface area (Å²) in [5.74, 6) is -0.974. The fourth-order valence-corrected chi connectivity index (χ4v) is 2.07. The topological polar surface area (TPSA) is 32.3 Å². The Balaban J connectivity index is 3.01. The van der Waals surface area contributed by atoms with Crippen LogP contribution in [0.4, 0.5) is 13.2 Å². The second kappa shape index (κ2) is 3.91. The van der Waals surface area contributed by atoms with Gasteiger partial charge in [0.05, 0.1) is 0 Å². The summed E-state index contributed by atoms with van der Waals surface area (Å²) in [6, 6.07) is -1.64. The molecule has 0 aromatic rings. The van der Waals surface area contributed by atoms with Gasteiger partial charge in [0.2, 0.25) is 5.91 Å². The van der Waals surface area contributed by atoms with Crippen molar-refractivity contribution in [2.75, 3.05) is 0 Å². The van der Waals surface area contributed by atoms with Crippen molar-refractivity contribution in [3.63, 3.8) is 0 Å². The third kappa shape index (κ3) is 2.48. The van der Waals surface area contributed by atoms with Crippen LogP contribution >= 0.6 is 0 Å². The maximum Gasteiger partial charge on any atom is 0.406 e. The lowest BCUT2D eigenvalue weighted by Gasteiger charge is -2.39. The number of carbonyl (C=O) groups is 1. The summed E-state index contributed by atoms with van der Waals surface area (Å²) < 4.78 is 38.7. The van der Waals surface area contributed by atoms with Gasteiger partial charge in [-0.3, -0.25) is 10.2 Å². The number of hydrogen-bond donors (Lipinski definition) is 1. The zero-order valence-electron chi connectivity index (χ0n) is 9.85. The molecule has 1 atom stereocenters. The number of halogens is 3. The van der Waals surface area contributed by atoms with Gasteiger partial charge in [-0.15, -0.1) is 0 Å². The van der Waals surface area contributed by atoms with Gasteiger partial charge in [0, 0.05) is 12.0 Å². The summed E-state index contributed by atoms with van der Waals surface area (Å²) >= 11 is 0. The number of hydrazine groups is 1. The van der Waals surface area contributed by atoms with Crippen LogP contribution in [-0.2, 0) is 4.79 Å². The van der Waals surface area contributed by atoms with Crippen LogP contribution in [0.15, 0.2) is 0 Å². The minimum atomic E-state index is -4.34. The molecule has 1 amide bonds. The maximum atomic E-state index is 12.9. The number of rotatable bonds is 2. The molecule has 0 spiro atoms. The SMILES string of the molecule is CC(C)C(N1NC(=O)CC1(C)C)C(F)(F)F. The lowest BCUT2D eigenvalue weighted by Crippen LogP contribution is -2.58. The minimum Gasteiger partial charge on any atom is -0.288 e. The minimum absolute atomic E-state index is 0.0896. The van der Waals surface area contributed by atoms with E-state index >= 15 is 0 Å². The highest BCUT2D eigenvalue weighted by molar-refractivity contribution is 5.78. The van der Waals surface area contributed by atoms with Crippen molar-refractivity contribution in [1.29, 1.82) is 0 Å². The van der Waals surface area contributed by atoms with E-state index in [4.69, 9.17) is 0 Å². The number of carbonyl (C=O) groups excluding carboxylic acids is 1. The van der Waals surface area contributed by atoms with Crippen molar-refractivity contribution in [2.45, 2.75) is 51.9 Å². The normalized spacial score (nSPS) is 23.6. The number of hydrogen-bond acceptors (Lipinski definition) is 2. The number of alkyl halides is 3. The van der Waals surface area contributed by atoms with Gasteiger partial charge in [0.25, 0.3) is 0 Å². The summed E-state index contributed by atoms with van der Waals surface area (Å²) in [4.78, 5) is 11.2. The predicted molar refractivity (Wildman–Crippen MR) is 53.4 cm³/mol. The van der Waals surface area contributed by atoms with E-state index in [-0.39, 0.29) is 12.3 Å². The van der Waals surface area contributed by atoms with Gasteiger partial charge in [0.15, 0.2) is 0 Å². The van der Waals surface area contributed by atoms with Crippen LogP contribution in [0.3, 0.4) is 0 Å². The van der Waals surface area contributed by atoms with Gasteiger partial charge in [-0.2, -0.15) is 13.2 Å². The molecule has 1 saturated heterocycles. The Morgan fingerprint density at radius 2 is 1.88 bits per heavy atom. The zero-order valence-corrected chi connectivity index (χ0v) is 9.85. The van der Waals surface area contributed by atoms with Gasteiger partial charge in [-0.05, 0) is 19.8 Å².